The van der Waals surface area contributed by atoms with Crippen LogP contribution in [0.4, 0.5) is 5.69 Å². The molecule has 0 spiro atoms. The zero-order chi connectivity index (χ0) is 14.3. The predicted molar refractivity (Wildman–Crippen MR) is 85.4 cm³/mol. The van der Waals surface area contributed by atoms with Gasteiger partial charge in [-0.25, -0.2) is 0 Å². The van der Waals surface area contributed by atoms with E-state index in [4.69, 9.17) is 5.73 Å². The third-order valence-corrected chi connectivity index (χ3v) is 5.22. The predicted octanol–water partition coefficient (Wildman–Crippen LogP) is 3.34. The van der Waals surface area contributed by atoms with E-state index < -0.39 is 0 Å². The number of nitrogens with two attached hydrogens (primary N) is 1. The van der Waals surface area contributed by atoms with Crippen LogP contribution in [0.15, 0.2) is 17.5 Å². The van der Waals surface area contributed by atoms with Crippen molar-refractivity contribution in [3.05, 3.63) is 44.9 Å². The van der Waals surface area contributed by atoms with Crippen LogP contribution in [0.2, 0.25) is 0 Å². The van der Waals surface area contributed by atoms with Crippen molar-refractivity contribution in [2.24, 2.45) is 5.73 Å². The number of rotatable bonds is 2. The molecule has 0 bridgehead atoms. The van der Waals surface area contributed by atoms with Gasteiger partial charge >= 0.3 is 0 Å². The number of fused-ring (bicyclic) bond motifs is 1. The normalized spacial score (nSPS) is 18.2. The van der Waals surface area contributed by atoms with Crippen molar-refractivity contribution < 1.29 is 0 Å². The molecule has 2 N–H and O–H groups in total. The Morgan fingerprint density at radius 2 is 2.25 bits per heavy atom. The first-order chi connectivity index (χ1) is 9.61. The minimum atomic E-state index is 0.413. The summed E-state index contributed by atoms with van der Waals surface area (Å²) in [7, 11) is 0. The number of thiophene rings is 1. The maximum absolute atomic E-state index is 5.96. The highest BCUT2D eigenvalue weighted by Gasteiger charge is 2.26. The lowest BCUT2D eigenvalue weighted by atomic mass is 9.99. The Hall–Kier alpha value is -1.39. The summed E-state index contributed by atoms with van der Waals surface area (Å²) in [6.45, 7) is 8.01. The molecule has 1 atom stereocenters. The molecule has 1 aliphatic rings. The quantitative estimate of drug-likeness (QED) is 0.921. The Kier molecular flexibility index (Phi) is 3.52. The Balaban J connectivity index is 2.06. The second-order valence-corrected chi connectivity index (χ2v) is 6.47. The molecule has 4 heteroatoms. The Bertz CT molecular complexity index is 633. The topological polar surface area (TPSA) is 42.1 Å². The molecule has 3 rings (SSSR count). The molecule has 0 saturated carbocycles. The van der Waals surface area contributed by atoms with E-state index in [2.05, 4.69) is 48.2 Å². The fourth-order valence-corrected chi connectivity index (χ4v) is 4.14. The summed E-state index contributed by atoms with van der Waals surface area (Å²) < 4.78 is 0. The van der Waals surface area contributed by atoms with Gasteiger partial charge in [-0.2, -0.15) is 0 Å². The van der Waals surface area contributed by atoms with Crippen LogP contribution in [0.1, 0.15) is 40.4 Å². The number of nitrogens with zero attached hydrogens (tertiary/aromatic N) is 2. The van der Waals surface area contributed by atoms with Gasteiger partial charge < -0.3 is 10.6 Å². The standard InChI is InChI=1S/C16H21N3S/c1-10-8-15(14(9-17)11(2)18-10)19-6-4-16-13(12(19)3)5-7-20-16/h5,7-8,12H,4,6,9,17H2,1-3H3. The molecule has 106 valence electrons. The summed E-state index contributed by atoms with van der Waals surface area (Å²) in [5, 5.41) is 2.21. The second-order valence-electron chi connectivity index (χ2n) is 5.47. The van der Waals surface area contributed by atoms with Crippen LogP contribution >= 0.6 is 11.3 Å². The van der Waals surface area contributed by atoms with Gasteiger partial charge in [0.15, 0.2) is 0 Å². The molecule has 1 unspecified atom stereocenters. The van der Waals surface area contributed by atoms with Crippen molar-refractivity contribution in [2.75, 3.05) is 11.4 Å². The minimum absolute atomic E-state index is 0.413. The summed E-state index contributed by atoms with van der Waals surface area (Å²) >= 11 is 1.88. The molecule has 0 aromatic carbocycles. The van der Waals surface area contributed by atoms with Crippen molar-refractivity contribution in [1.82, 2.24) is 4.98 Å². The van der Waals surface area contributed by atoms with Crippen LogP contribution in [-0.4, -0.2) is 11.5 Å². The summed E-state index contributed by atoms with van der Waals surface area (Å²) in [4.78, 5) is 8.57. The lowest BCUT2D eigenvalue weighted by Gasteiger charge is -2.37. The Morgan fingerprint density at radius 3 is 3.00 bits per heavy atom. The SMILES string of the molecule is Cc1cc(N2CCc3sccc3C2C)c(CN)c(C)n1. The molecule has 2 aromatic rings. The first kappa shape index (κ1) is 13.6. The Morgan fingerprint density at radius 1 is 1.45 bits per heavy atom. The zero-order valence-electron chi connectivity index (χ0n) is 12.3. The minimum Gasteiger partial charge on any atom is -0.364 e. The lowest BCUT2D eigenvalue weighted by Crippen LogP contribution is -2.34. The molecule has 0 radical (unpaired) electrons. The van der Waals surface area contributed by atoms with E-state index >= 15 is 0 Å². The number of hydrogen-bond donors (Lipinski definition) is 1. The lowest BCUT2D eigenvalue weighted by molar-refractivity contribution is 0.628. The molecule has 3 heterocycles. The Labute approximate surface area is 124 Å². The number of aromatic nitrogens is 1. The van der Waals surface area contributed by atoms with E-state index in [1.807, 2.05) is 11.3 Å². The molecular formula is C16H21N3S. The second kappa shape index (κ2) is 5.19. The highest BCUT2D eigenvalue weighted by molar-refractivity contribution is 7.10. The van der Waals surface area contributed by atoms with E-state index in [0.29, 0.717) is 12.6 Å². The fourth-order valence-electron chi connectivity index (χ4n) is 3.18. The molecule has 0 saturated heterocycles. The molecule has 0 fully saturated rings. The van der Waals surface area contributed by atoms with Crippen molar-refractivity contribution in [2.45, 2.75) is 39.8 Å². The monoisotopic (exact) mass is 287 g/mol. The largest absolute Gasteiger partial charge is 0.364 e. The number of anilines is 1. The van der Waals surface area contributed by atoms with Gasteiger partial charge in [0.05, 0.1) is 6.04 Å². The van der Waals surface area contributed by atoms with Crippen LogP contribution in [0.5, 0.6) is 0 Å². The molecule has 20 heavy (non-hydrogen) atoms. The zero-order valence-corrected chi connectivity index (χ0v) is 13.1. The number of aryl methyl sites for hydroxylation is 2. The third-order valence-electron chi connectivity index (χ3n) is 4.23. The van der Waals surface area contributed by atoms with Crippen molar-refractivity contribution in [3.8, 4) is 0 Å². The molecular weight excluding hydrogens is 266 g/mol. The van der Waals surface area contributed by atoms with Gasteiger partial charge in [-0.15, -0.1) is 11.3 Å². The van der Waals surface area contributed by atoms with Gasteiger partial charge in [0, 0.05) is 40.6 Å². The van der Waals surface area contributed by atoms with Crippen LogP contribution in [0, 0.1) is 13.8 Å². The first-order valence-corrected chi connectivity index (χ1v) is 8.00. The first-order valence-electron chi connectivity index (χ1n) is 7.12. The van der Waals surface area contributed by atoms with Gasteiger partial charge in [-0.3, -0.25) is 4.98 Å². The molecule has 1 aliphatic heterocycles. The maximum Gasteiger partial charge on any atom is 0.0525 e. The van der Waals surface area contributed by atoms with Crippen molar-refractivity contribution >= 4 is 17.0 Å². The number of pyridine rings is 1. The maximum atomic E-state index is 5.96. The molecule has 3 nitrogen and oxygen atoms in total. The van der Waals surface area contributed by atoms with Crippen LogP contribution in [-0.2, 0) is 13.0 Å². The van der Waals surface area contributed by atoms with E-state index in [-0.39, 0.29) is 0 Å². The molecule has 2 aromatic heterocycles. The highest BCUT2D eigenvalue weighted by Crippen LogP contribution is 2.37. The van der Waals surface area contributed by atoms with E-state index in [1.165, 1.54) is 21.7 Å². The molecule has 0 aliphatic carbocycles. The van der Waals surface area contributed by atoms with Gasteiger partial charge in [0.2, 0.25) is 0 Å². The summed E-state index contributed by atoms with van der Waals surface area (Å²) in [5.74, 6) is 0. The number of hydrogen-bond acceptors (Lipinski definition) is 4. The summed E-state index contributed by atoms with van der Waals surface area (Å²) in [6.07, 6.45) is 1.13. The average Bonchev–Trinajstić information content (AvgIpc) is 2.87. The van der Waals surface area contributed by atoms with Crippen molar-refractivity contribution in [1.29, 1.82) is 0 Å². The fraction of sp³-hybridized carbons (Fsp3) is 0.438. The van der Waals surface area contributed by atoms with E-state index in [0.717, 1.165) is 24.4 Å². The highest BCUT2D eigenvalue weighted by atomic mass is 32.1. The van der Waals surface area contributed by atoms with E-state index in [1.54, 1.807) is 0 Å². The third kappa shape index (κ3) is 2.13. The van der Waals surface area contributed by atoms with Crippen LogP contribution < -0.4 is 10.6 Å². The van der Waals surface area contributed by atoms with Gasteiger partial charge in [-0.05, 0) is 50.3 Å². The van der Waals surface area contributed by atoms with Gasteiger partial charge in [-0.1, -0.05) is 0 Å². The smallest absolute Gasteiger partial charge is 0.0525 e. The average molecular weight is 287 g/mol. The van der Waals surface area contributed by atoms with Crippen molar-refractivity contribution in [3.63, 3.8) is 0 Å². The van der Waals surface area contributed by atoms with Gasteiger partial charge in [0.25, 0.3) is 0 Å². The van der Waals surface area contributed by atoms with Crippen LogP contribution in [0.3, 0.4) is 0 Å². The van der Waals surface area contributed by atoms with Gasteiger partial charge in [0.1, 0.15) is 0 Å². The molecule has 0 amide bonds. The van der Waals surface area contributed by atoms with Crippen LogP contribution in [0.25, 0.3) is 0 Å². The summed E-state index contributed by atoms with van der Waals surface area (Å²) in [5.41, 5.74) is 12.0. The summed E-state index contributed by atoms with van der Waals surface area (Å²) in [6, 6.07) is 4.86. The van der Waals surface area contributed by atoms with E-state index in [9.17, 15) is 0 Å².